The van der Waals surface area contributed by atoms with Gasteiger partial charge in [-0.25, -0.2) is 4.39 Å². The van der Waals surface area contributed by atoms with Gasteiger partial charge in [-0.2, -0.15) is 0 Å². The van der Waals surface area contributed by atoms with Crippen molar-refractivity contribution in [3.63, 3.8) is 0 Å². The Balaban J connectivity index is 1.44. The molecule has 2 N–H and O–H groups in total. The molecule has 7 heteroatoms. The first-order chi connectivity index (χ1) is 16.0. The molecule has 3 aromatic rings. The number of nitrogens with one attached hydrogen (secondary N) is 2. The molecule has 0 aliphatic carbocycles. The Kier molecular flexibility index (Phi) is 6.70. The van der Waals surface area contributed by atoms with Gasteiger partial charge >= 0.3 is 0 Å². The zero-order chi connectivity index (χ0) is 23.4. The lowest BCUT2D eigenvalue weighted by Crippen LogP contribution is -2.34. The summed E-state index contributed by atoms with van der Waals surface area (Å²) in [7, 11) is 0. The summed E-state index contributed by atoms with van der Waals surface area (Å²) in [5, 5.41) is 5.66. The fraction of sp³-hybridized carbons (Fsp3) is 0.231. The summed E-state index contributed by atoms with van der Waals surface area (Å²) in [4.78, 5) is 26.9. The van der Waals surface area contributed by atoms with E-state index in [1.165, 1.54) is 18.2 Å². The van der Waals surface area contributed by atoms with E-state index in [0.29, 0.717) is 40.5 Å². The highest BCUT2D eigenvalue weighted by Crippen LogP contribution is 2.34. The van der Waals surface area contributed by atoms with E-state index in [9.17, 15) is 14.0 Å². The lowest BCUT2D eigenvalue weighted by atomic mass is 10.1. The third-order valence-electron chi connectivity index (χ3n) is 5.72. The van der Waals surface area contributed by atoms with Crippen molar-refractivity contribution in [3.05, 3.63) is 77.3 Å². The zero-order valence-corrected chi connectivity index (χ0v) is 18.7. The first-order valence-electron chi connectivity index (χ1n) is 11.0. The molecule has 2 aromatic carbocycles. The highest BCUT2D eigenvalue weighted by molar-refractivity contribution is 6.34. The van der Waals surface area contributed by atoms with Gasteiger partial charge in [0, 0.05) is 35.5 Å². The van der Waals surface area contributed by atoms with Gasteiger partial charge in [0.1, 0.15) is 17.3 Å². The number of furan rings is 1. The molecule has 0 radical (unpaired) electrons. The van der Waals surface area contributed by atoms with Crippen molar-refractivity contribution in [3.8, 4) is 11.3 Å². The Labute approximate surface area is 192 Å². The number of hydrogen-bond acceptors (Lipinski definition) is 4. The van der Waals surface area contributed by atoms with Crippen LogP contribution in [-0.4, -0.2) is 42.9 Å². The van der Waals surface area contributed by atoms with Gasteiger partial charge < -0.3 is 20.0 Å². The largest absolute Gasteiger partial charge is 0.457 e. The number of benzene rings is 2. The molecule has 2 amide bonds. The second-order valence-corrected chi connectivity index (χ2v) is 7.76. The van der Waals surface area contributed by atoms with E-state index in [1.807, 2.05) is 12.1 Å². The topological polar surface area (TPSA) is 74.6 Å². The van der Waals surface area contributed by atoms with Crippen LogP contribution in [0.25, 0.3) is 23.0 Å². The van der Waals surface area contributed by atoms with Crippen LogP contribution in [0.4, 0.5) is 10.1 Å². The van der Waals surface area contributed by atoms with Crippen LogP contribution in [0, 0.1) is 5.82 Å². The minimum atomic E-state index is -0.409. The Morgan fingerprint density at radius 2 is 1.85 bits per heavy atom. The molecule has 0 bridgehead atoms. The molecule has 0 fully saturated rings. The van der Waals surface area contributed by atoms with E-state index in [-0.39, 0.29) is 11.8 Å². The van der Waals surface area contributed by atoms with Gasteiger partial charge in [-0.3, -0.25) is 9.59 Å². The summed E-state index contributed by atoms with van der Waals surface area (Å²) in [6, 6.07) is 14.9. The molecule has 170 valence electrons. The number of fused-ring (bicyclic) bond motifs is 1. The number of halogens is 1. The minimum absolute atomic E-state index is 0.114. The van der Waals surface area contributed by atoms with E-state index in [4.69, 9.17) is 4.42 Å². The summed E-state index contributed by atoms with van der Waals surface area (Å²) in [5.41, 5.74) is 2.82. The molecule has 0 saturated heterocycles. The summed E-state index contributed by atoms with van der Waals surface area (Å²) >= 11 is 0. The predicted molar refractivity (Wildman–Crippen MR) is 127 cm³/mol. The fourth-order valence-electron chi connectivity index (χ4n) is 3.79. The predicted octanol–water partition coefficient (Wildman–Crippen LogP) is 4.65. The van der Waals surface area contributed by atoms with Crippen molar-refractivity contribution in [1.82, 2.24) is 10.2 Å². The number of amides is 2. The first kappa shape index (κ1) is 22.5. The quantitative estimate of drug-likeness (QED) is 0.493. The van der Waals surface area contributed by atoms with Crippen LogP contribution in [0.1, 0.15) is 35.5 Å². The maximum Gasteiger partial charge on any atom is 0.256 e. The van der Waals surface area contributed by atoms with E-state index in [1.54, 1.807) is 30.3 Å². The Hall–Kier alpha value is -3.71. The SMILES string of the molecule is CCN(CC)CCNC(=O)c1ccc(-c2ccc(/C=C3/C(=O)Nc4ccc(F)cc43)o2)cc1. The monoisotopic (exact) mass is 447 g/mol. The molecule has 1 aromatic heterocycles. The molecule has 0 saturated carbocycles. The van der Waals surface area contributed by atoms with Crippen molar-refractivity contribution in [2.75, 3.05) is 31.5 Å². The number of likely N-dealkylation sites (N-methyl/N-ethyl adjacent to an activating group) is 1. The molecule has 0 atom stereocenters. The highest BCUT2D eigenvalue weighted by atomic mass is 19.1. The Bertz CT molecular complexity index is 1190. The van der Waals surface area contributed by atoms with Crippen molar-refractivity contribution < 1.29 is 18.4 Å². The van der Waals surface area contributed by atoms with Crippen LogP contribution >= 0.6 is 0 Å². The molecule has 6 nitrogen and oxygen atoms in total. The number of rotatable bonds is 8. The van der Waals surface area contributed by atoms with Crippen LogP contribution in [0.3, 0.4) is 0 Å². The molecular formula is C26H26FN3O3. The van der Waals surface area contributed by atoms with E-state index < -0.39 is 5.82 Å². The molecule has 33 heavy (non-hydrogen) atoms. The number of nitrogens with zero attached hydrogens (tertiary/aromatic N) is 1. The van der Waals surface area contributed by atoms with E-state index in [0.717, 1.165) is 25.2 Å². The fourth-order valence-corrected chi connectivity index (χ4v) is 3.79. The summed E-state index contributed by atoms with van der Waals surface area (Å²) in [5.74, 6) is 0.258. The molecule has 0 unspecified atom stereocenters. The average molecular weight is 448 g/mol. The normalized spacial score (nSPS) is 13.9. The van der Waals surface area contributed by atoms with Crippen LogP contribution in [-0.2, 0) is 4.79 Å². The summed E-state index contributed by atoms with van der Waals surface area (Å²) < 4.78 is 19.5. The molecule has 1 aliphatic rings. The van der Waals surface area contributed by atoms with Gasteiger partial charge in [0.15, 0.2) is 0 Å². The smallest absolute Gasteiger partial charge is 0.256 e. The van der Waals surface area contributed by atoms with E-state index >= 15 is 0 Å². The first-order valence-corrected chi connectivity index (χ1v) is 11.0. The summed E-state index contributed by atoms with van der Waals surface area (Å²) in [6.45, 7) is 7.52. The van der Waals surface area contributed by atoms with Gasteiger partial charge in [-0.05, 0) is 61.6 Å². The minimum Gasteiger partial charge on any atom is -0.457 e. The van der Waals surface area contributed by atoms with Crippen molar-refractivity contribution in [1.29, 1.82) is 0 Å². The third-order valence-corrected chi connectivity index (χ3v) is 5.72. The molecule has 4 rings (SSSR count). The van der Waals surface area contributed by atoms with Crippen LogP contribution in [0.15, 0.2) is 59.0 Å². The lowest BCUT2D eigenvalue weighted by Gasteiger charge is -2.17. The van der Waals surface area contributed by atoms with Gasteiger partial charge in [0.05, 0.1) is 5.57 Å². The molecular weight excluding hydrogens is 421 g/mol. The lowest BCUT2D eigenvalue weighted by molar-refractivity contribution is -0.110. The van der Waals surface area contributed by atoms with Crippen LogP contribution < -0.4 is 10.6 Å². The number of anilines is 1. The van der Waals surface area contributed by atoms with Gasteiger partial charge in [-0.15, -0.1) is 0 Å². The van der Waals surface area contributed by atoms with Crippen LogP contribution in [0.5, 0.6) is 0 Å². The third kappa shape index (κ3) is 5.04. The average Bonchev–Trinajstić information content (AvgIpc) is 3.41. The van der Waals surface area contributed by atoms with Crippen molar-refractivity contribution >= 4 is 29.2 Å². The summed E-state index contributed by atoms with van der Waals surface area (Å²) in [6.07, 6.45) is 1.60. The second kappa shape index (κ2) is 9.83. The van der Waals surface area contributed by atoms with Gasteiger partial charge in [-0.1, -0.05) is 26.0 Å². The maximum atomic E-state index is 13.6. The standard InChI is InChI=1S/C26H26FN3O3/c1-3-30(4-2)14-13-28-25(31)18-7-5-17(6-8-18)24-12-10-20(33-24)16-22-21-15-19(27)9-11-23(21)29-26(22)32/h5-12,15-16H,3-4,13-14H2,1-2H3,(H,28,31)(H,29,32)/b22-16+. The number of carbonyl (C=O) groups is 2. The van der Waals surface area contributed by atoms with Gasteiger partial charge in [0.25, 0.3) is 11.8 Å². The molecule has 2 heterocycles. The van der Waals surface area contributed by atoms with E-state index in [2.05, 4.69) is 29.4 Å². The van der Waals surface area contributed by atoms with Crippen molar-refractivity contribution in [2.24, 2.45) is 0 Å². The highest BCUT2D eigenvalue weighted by Gasteiger charge is 2.25. The van der Waals surface area contributed by atoms with Gasteiger partial charge in [0.2, 0.25) is 0 Å². The maximum absolute atomic E-state index is 13.6. The Morgan fingerprint density at radius 3 is 2.58 bits per heavy atom. The Morgan fingerprint density at radius 1 is 1.09 bits per heavy atom. The second-order valence-electron chi connectivity index (χ2n) is 7.76. The zero-order valence-electron chi connectivity index (χ0n) is 18.7. The number of hydrogen-bond donors (Lipinski definition) is 2. The molecule has 0 spiro atoms. The molecule has 1 aliphatic heterocycles. The number of carbonyl (C=O) groups excluding carboxylic acids is 2. The van der Waals surface area contributed by atoms with Crippen molar-refractivity contribution in [2.45, 2.75) is 13.8 Å². The van der Waals surface area contributed by atoms with Crippen LogP contribution in [0.2, 0.25) is 0 Å².